The monoisotopic (exact) mass is 239 g/mol. The average molecular weight is 239 g/mol. The summed E-state index contributed by atoms with van der Waals surface area (Å²) in [5.74, 6) is 0. The van der Waals surface area contributed by atoms with E-state index in [-0.39, 0.29) is 23.9 Å². The van der Waals surface area contributed by atoms with Gasteiger partial charge in [0.25, 0.3) is 5.56 Å². The maximum atomic E-state index is 11.7. The van der Waals surface area contributed by atoms with Crippen molar-refractivity contribution in [2.45, 2.75) is 45.1 Å². The number of H-pyrrole nitrogens is 1. The van der Waals surface area contributed by atoms with Gasteiger partial charge in [0.2, 0.25) is 0 Å². The van der Waals surface area contributed by atoms with Crippen molar-refractivity contribution >= 4 is 0 Å². The fraction of sp³-hybridized carbons (Fsp3) is 0.636. The van der Waals surface area contributed by atoms with Crippen LogP contribution >= 0.6 is 0 Å². The highest BCUT2D eigenvalue weighted by molar-refractivity contribution is 5.02. The van der Waals surface area contributed by atoms with Crippen molar-refractivity contribution in [3.63, 3.8) is 0 Å². The average Bonchev–Trinajstić information content (AvgIpc) is 2.65. The minimum absolute atomic E-state index is 0.0286. The Hall–Kier alpha value is -1.40. The fourth-order valence-electron chi connectivity index (χ4n) is 2.12. The third-order valence-electron chi connectivity index (χ3n) is 3.14. The summed E-state index contributed by atoms with van der Waals surface area (Å²) in [7, 11) is 0. The van der Waals surface area contributed by atoms with E-state index >= 15 is 0 Å². The number of hydrogen-bond acceptors (Lipinski definition) is 4. The van der Waals surface area contributed by atoms with Crippen molar-refractivity contribution < 1.29 is 4.74 Å². The van der Waals surface area contributed by atoms with Crippen LogP contribution in [0.25, 0.3) is 0 Å². The van der Waals surface area contributed by atoms with E-state index in [2.05, 4.69) is 4.98 Å². The van der Waals surface area contributed by atoms with Crippen LogP contribution in [0.15, 0.2) is 15.8 Å². The molecule has 1 aromatic rings. The van der Waals surface area contributed by atoms with E-state index in [1.165, 1.54) is 10.8 Å². The predicted octanol–water partition coefficient (Wildman–Crippen LogP) is -0.130. The van der Waals surface area contributed by atoms with Crippen molar-refractivity contribution in [2.75, 3.05) is 0 Å². The molecule has 2 heterocycles. The molecule has 3 N–H and O–H groups in total. The molecule has 1 aliphatic heterocycles. The van der Waals surface area contributed by atoms with E-state index in [1.54, 1.807) is 6.92 Å². The summed E-state index contributed by atoms with van der Waals surface area (Å²) in [6, 6.07) is -0.0656. The molecule has 1 fully saturated rings. The van der Waals surface area contributed by atoms with Crippen LogP contribution in [0.3, 0.4) is 0 Å². The van der Waals surface area contributed by atoms with Gasteiger partial charge in [-0.2, -0.15) is 0 Å². The minimum atomic E-state index is -0.449. The Labute approximate surface area is 98.4 Å². The largest absolute Gasteiger partial charge is 0.353 e. The van der Waals surface area contributed by atoms with E-state index in [0.717, 1.165) is 6.42 Å². The molecule has 0 aromatic carbocycles. The van der Waals surface area contributed by atoms with Crippen LogP contribution in [-0.2, 0) is 4.74 Å². The Morgan fingerprint density at radius 2 is 2.29 bits per heavy atom. The van der Waals surface area contributed by atoms with Crippen LogP contribution in [-0.4, -0.2) is 21.7 Å². The van der Waals surface area contributed by atoms with Crippen LogP contribution in [0.4, 0.5) is 0 Å². The van der Waals surface area contributed by atoms with E-state index in [4.69, 9.17) is 10.5 Å². The van der Waals surface area contributed by atoms with Gasteiger partial charge in [-0.15, -0.1) is 0 Å². The topological polar surface area (TPSA) is 90.1 Å². The Morgan fingerprint density at radius 3 is 2.88 bits per heavy atom. The number of nitrogens with zero attached hydrogens (tertiary/aromatic N) is 1. The molecular formula is C11H17N3O3. The second-order valence-electron chi connectivity index (χ2n) is 4.42. The molecule has 0 spiro atoms. The lowest BCUT2D eigenvalue weighted by Gasteiger charge is -2.15. The quantitative estimate of drug-likeness (QED) is 0.752. The molecule has 6 nitrogen and oxygen atoms in total. The Kier molecular flexibility index (Phi) is 3.17. The van der Waals surface area contributed by atoms with Gasteiger partial charge >= 0.3 is 5.69 Å². The highest BCUT2D eigenvalue weighted by Gasteiger charge is 2.33. The predicted molar refractivity (Wildman–Crippen MR) is 62.9 cm³/mol. The smallest absolute Gasteiger partial charge is 0.330 e. The number of aromatic amines is 1. The summed E-state index contributed by atoms with van der Waals surface area (Å²) >= 11 is 0. The maximum Gasteiger partial charge on any atom is 0.330 e. The van der Waals surface area contributed by atoms with Crippen LogP contribution in [0.5, 0.6) is 0 Å². The number of ether oxygens (including phenoxy) is 1. The standard InChI is InChI=1S/C11H17N3O3/c1-3-8-7(12)4-9(17-8)14-5-6(2)10(15)13-11(14)16/h5,7-9H,3-4,12H2,1-2H3,(H,13,15,16). The fourth-order valence-corrected chi connectivity index (χ4v) is 2.12. The van der Waals surface area contributed by atoms with Crippen LogP contribution in [0, 0.1) is 6.92 Å². The SMILES string of the molecule is CCC1OC(n2cc(C)c(=O)[nH]c2=O)CC1N. The van der Waals surface area contributed by atoms with Gasteiger partial charge in [0.05, 0.1) is 6.10 Å². The van der Waals surface area contributed by atoms with Crippen LogP contribution in [0.1, 0.15) is 31.6 Å². The van der Waals surface area contributed by atoms with E-state index in [9.17, 15) is 9.59 Å². The molecule has 1 aliphatic rings. The number of hydrogen-bond donors (Lipinski definition) is 2. The molecule has 1 saturated heterocycles. The molecule has 0 bridgehead atoms. The number of aromatic nitrogens is 2. The molecule has 2 rings (SSSR count). The minimum Gasteiger partial charge on any atom is -0.353 e. The van der Waals surface area contributed by atoms with Gasteiger partial charge in [0.1, 0.15) is 6.23 Å². The van der Waals surface area contributed by atoms with Gasteiger partial charge in [-0.1, -0.05) is 6.92 Å². The van der Waals surface area contributed by atoms with Gasteiger partial charge in [-0.05, 0) is 13.3 Å². The summed E-state index contributed by atoms with van der Waals surface area (Å²) in [6.07, 6.45) is 2.52. The summed E-state index contributed by atoms with van der Waals surface area (Å²) in [4.78, 5) is 25.2. The molecule has 3 unspecified atom stereocenters. The zero-order valence-electron chi connectivity index (χ0n) is 9.97. The summed E-state index contributed by atoms with van der Waals surface area (Å²) in [5, 5.41) is 0. The third-order valence-corrected chi connectivity index (χ3v) is 3.14. The van der Waals surface area contributed by atoms with E-state index < -0.39 is 5.69 Å². The van der Waals surface area contributed by atoms with Crippen molar-refractivity contribution in [3.05, 3.63) is 32.6 Å². The van der Waals surface area contributed by atoms with E-state index in [0.29, 0.717) is 12.0 Å². The summed E-state index contributed by atoms with van der Waals surface area (Å²) in [6.45, 7) is 3.65. The molecule has 0 saturated carbocycles. The Morgan fingerprint density at radius 1 is 1.59 bits per heavy atom. The zero-order chi connectivity index (χ0) is 12.6. The highest BCUT2D eigenvalue weighted by Crippen LogP contribution is 2.27. The maximum absolute atomic E-state index is 11.7. The Bertz CT molecular complexity index is 519. The first-order valence-electron chi connectivity index (χ1n) is 5.76. The number of nitrogens with one attached hydrogen (secondary N) is 1. The normalized spacial score (nSPS) is 28.5. The van der Waals surface area contributed by atoms with Crippen molar-refractivity contribution in [2.24, 2.45) is 5.73 Å². The van der Waals surface area contributed by atoms with Gasteiger partial charge in [0, 0.05) is 24.2 Å². The molecule has 0 aliphatic carbocycles. The van der Waals surface area contributed by atoms with Crippen molar-refractivity contribution in [3.8, 4) is 0 Å². The summed E-state index contributed by atoms with van der Waals surface area (Å²) in [5.41, 5.74) is 5.60. The molecule has 94 valence electrons. The second-order valence-corrected chi connectivity index (χ2v) is 4.42. The highest BCUT2D eigenvalue weighted by atomic mass is 16.5. The number of rotatable bonds is 2. The number of nitrogens with two attached hydrogens (primary N) is 1. The van der Waals surface area contributed by atoms with E-state index in [1.807, 2.05) is 6.92 Å². The Balaban J connectivity index is 2.34. The van der Waals surface area contributed by atoms with Gasteiger partial charge in [-0.3, -0.25) is 14.3 Å². The molecular weight excluding hydrogens is 222 g/mol. The van der Waals surface area contributed by atoms with Crippen molar-refractivity contribution in [1.29, 1.82) is 0 Å². The lowest BCUT2D eigenvalue weighted by atomic mass is 10.1. The third kappa shape index (κ3) is 2.18. The first kappa shape index (κ1) is 12.1. The molecule has 1 aromatic heterocycles. The number of aryl methyl sites for hydroxylation is 1. The van der Waals surface area contributed by atoms with Crippen LogP contribution in [0.2, 0.25) is 0 Å². The van der Waals surface area contributed by atoms with Gasteiger partial charge in [-0.25, -0.2) is 4.79 Å². The molecule has 17 heavy (non-hydrogen) atoms. The first-order valence-corrected chi connectivity index (χ1v) is 5.76. The second kappa shape index (κ2) is 4.46. The lowest BCUT2D eigenvalue weighted by molar-refractivity contribution is -0.00420. The molecule has 0 amide bonds. The lowest BCUT2D eigenvalue weighted by Crippen LogP contribution is -2.33. The van der Waals surface area contributed by atoms with Gasteiger partial charge in [0.15, 0.2) is 0 Å². The first-order chi connectivity index (χ1) is 8.02. The molecule has 0 radical (unpaired) electrons. The van der Waals surface area contributed by atoms with Crippen molar-refractivity contribution in [1.82, 2.24) is 9.55 Å². The molecule has 6 heteroatoms. The van der Waals surface area contributed by atoms with Crippen LogP contribution < -0.4 is 17.0 Å². The molecule has 3 atom stereocenters. The van der Waals surface area contributed by atoms with Gasteiger partial charge < -0.3 is 10.5 Å². The zero-order valence-corrected chi connectivity index (χ0v) is 9.97. The summed E-state index contributed by atoms with van der Waals surface area (Å²) < 4.78 is 7.11.